The van der Waals surface area contributed by atoms with Gasteiger partial charge in [0, 0.05) is 39.3 Å². The molecule has 3 N–H and O–H groups in total. The number of aromatic nitrogens is 1. The molecule has 1 aromatic rings. The Morgan fingerprint density at radius 1 is 1.37 bits per heavy atom. The molecule has 3 unspecified atom stereocenters. The molecular formula is C13H23N3S3. The standard InChI is InChI=1S/C13H23N3S3/c1-4-11-13(18-6-5-17-11)10(16-14)7-12-15-8(2)9(3)19-12/h10-11,13,16H,4-7,14H2,1-3H3. The molecule has 0 aromatic carbocycles. The van der Waals surface area contributed by atoms with E-state index in [1.54, 1.807) is 0 Å². The lowest BCUT2D eigenvalue weighted by molar-refractivity contribution is 0.489. The van der Waals surface area contributed by atoms with Gasteiger partial charge in [0.1, 0.15) is 0 Å². The van der Waals surface area contributed by atoms with Gasteiger partial charge in [0.15, 0.2) is 0 Å². The molecule has 19 heavy (non-hydrogen) atoms. The molecule has 1 aliphatic rings. The van der Waals surface area contributed by atoms with Crippen LogP contribution in [0, 0.1) is 13.8 Å². The van der Waals surface area contributed by atoms with Crippen molar-refractivity contribution in [1.29, 1.82) is 0 Å². The number of thioether (sulfide) groups is 2. The molecule has 2 rings (SSSR count). The van der Waals surface area contributed by atoms with Gasteiger partial charge in [-0.05, 0) is 20.3 Å². The summed E-state index contributed by atoms with van der Waals surface area (Å²) < 4.78 is 0. The van der Waals surface area contributed by atoms with E-state index < -0.39 is 0 Å². The maximum atomic E-state index is 5.82. The van der Waals surface area contributed by atoms with Crippen LogP contribution in [0.4, 0.5) is 0 Å². The van der Waals surface area contributed by atoms with Crippen LogP contribution >= 0.6 is 34.9 Å². The van der Waals surface area contributed by atoms with E-state index in [-0.39, 0.29) is 0 Å². The van der Waals surface area contributed by atoms with Gasteiger partial charge in [-0.2, -0.15) is 23.5 Å². The topological polar surface area (TPSA) is 50.9 Å². The number of thiazole rings is 1. The predicted octanol–water partition coefficient (Wildman–Crippen LogP) is 2.76. The highest BCUT2D eigenvalue weighted by Crippen LogP contribution is 2.36. The van der Waals surface area contributed by atoms with Gasteiger partial charge in [-0.1, -0.05) is 6.92 Å². The maximum Gasteiger partial charge on any atom is 0.0947 e. The van der Waals surface area contributed by atoms with Crippen LogP contribution in [-0.4, -0.2) is 33.0 Å². The molecule has 0 amide bonds. The van der Waals surface area contributed by atoms with Crippen molar-refractivity contribution >= 4 is 34.9 Å². The summed E-state index contributed by atoms with van der Waals surface area (Å²) in [7, 11) is 0. The molecule has 0 radical (unpaired) electrons. The number of nitrogens with two attached hydrogens (primary N) is 1. The molecule has 1 aliphatic heterocycles. The first-order chi connectivity index (χ1) is 9.15. The largest absolute Gasteiger partial charge is 0.271 e. The van der Waals surface area contributed by atoms with E-state index in [0.717, 1.165) is 12.1 Å². The monoisotopic (exact) mass is 317 g/mol. The third-order valence-electron chi connectivity index (χ3n) is 3.57. The quantitative estimate of drug-likeness (QED) is 0.646. The van der Waals surface area contributed by atoms with Crippen molar-refractivity contribution in [2.45, 2.75) is 50.2 Å². The SMILES string of the molecule is CCC1SCCSC1C(Cc1nc(C)c(C)s1)NN. The summed E-state index contributed by atoms with van der Waals surface area (Å²) in [4.78, 5) is 5.97. The second-order valence-corrected chi connectivity index (χ2v) is 8.80. The van der Waals surface area contributed by atoms with Gasteiger partial charge in [0.25, 0.3) is 0 Å². The summed E-state index contributed by atoms with van der Waals surface area (Å²) in [6.07, 6.45) is 2.17. The van der Waals surface area contributed by atoms with E-state index in [0.29, 0.717) is 16.5 Å². The van der Waals surface area contributed by atoms with Crippen molar-refractivity contribution in [3.63, 3.8) is 0 Å². The van der Waals surface area contributed by atoms with Crippen LogP contribution in [0.5, 0.6) is 0 Å². The molecule has 0 spiro atoms. The highest BCUT2D eigenvalue weighted by Gasteiger charge is 2.32. The summed E-state index contributed by atoms with van der Waals surface area (Å²) in [5.41, 5.74) is 4.21. The van der Waals surface area contributed by atoms with Crippen molar-refractivity contribution in [3.05, 3.63) is 15.6 Å². The highest BCUT2D eigenvalue weighted by molar-refractivity contribution is 8.07. The van der Waals surface area contributed by atoms with Gasteiger partial charge in [-0.3, -0.25) is 11.3 Å². The summed E-state index contributed by atoms with van der Waals surface area (Å²) in [6.45, 7) is 6.50. The lowest BCUT2D eigenvalue weighted by atomic mass is 10.1. The molecule has 0 aliphatic carbocycles. The van der Waals surface area contributed by atoms with Crippen molar-refractivity contribution in [3.8, 4) is 0 Å². The normalized spacial score (nSPS) is 25.5. The first-order valence-corrected chi connectivity index (χ1v) is 9.69. The van der Waals surface area contributed by atoms with Crippen molar-refractivity contribution < 1.29 is 0 Å². The molecule has 1 saturated heterocycles. The number of nitrogens with one attached hydrogen (secondary N) is 1. The number of aryl methyl sites for hydroxylation is 2. The van der Waals surface area contributed by atoms with E-state index in [9.17, 15) is 0 Å². The Morgan fingerprint density at radius 2 is 2.11 bits per heavy atom. The summed E-state index contributed by atoms with van der Waals surface area (Å²) in [5.74, 6) is 8.32. The van der Waals surface area contributed by atoms with Crippen LogP contribution in [0.15, 0.2) is 0 Å². The average Bonchev–Trinajstić information content (AvgIpc) is 2.75. The second-order valence-electron chi connectivity index (χ2n) is 4.88. The van der Waals surface area contributed by atoms with Crippen LogP contribution in [-0.2, 0) is 6.42 Å². The number of hydrogen-bond donors (Lipinski definition) is 2. The first kappa shape index (κ1) is 15.6. The fraction of sp³-hybridized carbons (Fsp3) is 0.769. The Labute approximate surface area is 128 Å². The Kier molecular flexibility index (Phi) is 6.02. The van der Waals surface area contributed by atoms with Gasteiger partial charge in [0.2, 0.25) is 0 Å². The average molecular weight is 318 g/mol. The van der Waals surface area contributed by atoms with E-state index in [4.69, 9.17) is 5.84 Å². The van der Waals surface area contributed by atoms with Crippen molar-refractivity contribution in [1.82, 2.24) is 10.4 Å². The van der Waals surface area contributed by atoms with E-state index in [1.807, 2.05) is 11.3 Å². The zero-order chi connectivity index (χ0) is 13.8. The van der Waals surface area contributed by atoms with Crippen LogP contribution < -0.4 is 11.3 Å². The number of rotatable bonds is 5. The lowest BCUT2D eigenvalue weighted by Gasteiger charge is -2.35. The Balaban J connectivity index is 2.06. The fourth-order valence-corrected chi connectivity index (χ4v) is 6.63. The fourth-order valence-electron chi connectivity index (χ4n) is 2.40. The zero-order valence-corrected chi connectivity index (χ0v) is 14.3. The van der Waals surface area contributed by atoms with Gasteiger partial charge < -0.3 is 0 Å². The predicted molar refractivity (Wildman–Crippen MR) is 89.2 cm³/mol. The molecule has 0 saturated carbocycles. The van der Waals surface area contributed by atoms with Crippen LogP contribution in [0.1, 0.15) is 28.9 Å². The Bertz CT molecular complexity index is 388. The summed E-state index contributed by atoms with van der Waals surface area (Å²) in [6, 6.07) is 0.327. The van der Waals surface area contributed by atoms with Crippen molar-refractivity contribution in [2.75, 3.05) is 11.5 Å². The minimum atomic E-state index is 0.327. The molecule has 0 bridgehead atoms. The van der Waals surface area contributed by atoms with E-state index >= 15 is 0 Å². The molecule has 1 fully saturated rings. The zero-order valence-electron chi connectivity index (χ0n) is 11.8. The molecule has 6 heteroatoms. The second kappa shape index (κ2) is 7.31. The summed E-state index contributed by atoms with van der Waals surface area (Å²) in [5, 5.41) is 2.52. The van der Waals surface area contributed by atoms with Crippen LogP contribution in [0.2, 0.25) is 0 Å². The van der Waals surface area contributed by atoms with Gasteiger partial charge >= 0.3 is 0 Å². The molecule has 108 valence electrons. The Hall–Kier alpha value is 0.250. The smallest absolute Gasteiger partial charge is 0.0947 e. The van der Waals surface area contributed by atoms with E-state index in [1.165, 1.54) is 27.8 Å². The van der Waals surface area contributed by atoms with Gasteiger partial charge in [-0.25, -0.2) is 4.98 Å². The lowest BCUT2D eigenvalue weighted by Crippen LogP contribution is -2.49. The van der Waals surface area contributed by atoms with E-state index in [2.05, 4.69) is 54.7 Å². The molecular weight excluding hydrogens is 294 g/mol. The third kappa shape index (κ3) is 3.88. The van der Waals surface area contributed by atoms with Gasteiger partial charge in [-0.15, -0.1) is 11.3 Å². The first-order valence-electron chi connectivity index (χ1n) is 6.78. The molecule has 3 nitrogen and oxygen atoms in total. The molecule has 2 heterocycles. The number of nitrogens with zero attached hydrogens (tertiary/aromatic N) is 1. The molecule has 3 atom stereocenters. The highest BCUT2D eigenvalue weighted by atomic mass is 32.2. The Morgan fingerprint density at radius 3 is 2.68 bits per heavy atom. The number of hydrazine groups is 1. The maximum absolute atomic E-state index is 5.82. The third-order valence-corrected chi connectivity index (χ3v) is 8.07. The minimum Gasteiger partial charge on any atom is -0.271 e. The van der Waals surface area contributed by atoms with Crippen LogP contribution in [0.3, 0.4) is 0 Å². The number of hydrogen-bond acceptors (Lipinski definition) is 6. The van der Waals surface area contributed by atoms with Crippen LogP contribution in [0.25, 0.3) is 0 Å². The van der Waals surface area contributed by atoms with Crippen molar-refractivity contribution in [2.24, 2.45) is 5.84 Å². The molecule has 1 aromatic heterocycles. The van der Waals surface area contributed by atoms with Gasteiger partial charge in [0.05, 0.1) is 10.7 Å². The minimum absolute atomic E-state index is 0.327. The summed E-state index contributed by atoms with van der Waals surface area (Å²) >= 11 is 5.98.